The molecular formula is C15H19N. The molecule has 1 heterocycles. The van der Waals surface area contributed by atoms with Crippen molar-refractivity contribution in [2.45, 2.75) is 31.6 Å². The smallest absolute Gasteiger partial charge is 0.00201 e. The van der Waals surface area contributed by atoms with Crippen molar-refractivity contribution in [1.82, 2.24) is 5.32 Å². The third-order valence-electron chi connectivity index (χ3n) is 3.97. The van der Waals surface area contributed by atoms with Gasteiger partial charge in [0.25, 0.3) is 0 Å². The quantitative estimate of drug-likeness (QED) is 0.756. The van der Waals surface area contributed by atoms with Crippen molar-refractivity contribution in [3.63, 3.8) is 0 Å². The molecule has 1 nitrogen and oxygen atoms in total. The van der Waals surface area contributed by atoms with Crippen molar-refractivity contribution < 1.29 is 0 Å². The van der Waals surface area contributed by atoms with Crippen LogP contribution < -0.4 is 5.32 Å². The van der Waals surface area contributed by atoms with E-state index in [1.54, 1.807) is 0 Å². The standard InChI is InChI=1S/C15H19N/c1-11-4-5-13-9-12(6-7-15(11)13)14-3-2-8-16-10-14/h6-7,9,14,16H,1-5,8,10H2. The highest BCUT2D eigenvalue weighted by Crippen LogP contribution is 2.34. The Kier molecular flexibility index (Phi) is 2.56. The molecule has 1 aromatic carbocycles. The zero-order valence-electron chi connectivity index (χ0n) is 9.76. The molecule has 1 unspecified atom stereocenters. The molecule has 84 valence electrons. The van der Waals surface area contributed by atoms with Gasteiger partial charge in [-0.05, 0) is 60.4 Å². The summed E-state index contributed by atoms with van der Waals surface area (Å²) in [6.45, 7) is 6.47. The fourth-order valence-corrected chi connectivity index (χ4v) is 2.98. The molecule has 1 N–H and O–H groups in total. The molecule has 1 fully saturated rings. The molecule has 0 saturated carbocycles. The fraction of sp³-hybridized carbons (Fsp3) is 0.467. The van der Waals surface area contributed by atoms with Gasteiger partial charge in [-0.1, -0.05) is 24.8 Å². The van der Waals surface area contributed by atoms with Gasteiger partial charge in [-0.2, -0.15) is 0 Å². The van der Waals surface area contributed by atoms with Gasteiger partial charge in [0.15, 0.2) is 0 Å². The van der Waals surface area contributed by atoms with Gasteiger partial charge in [0.1, 0.15) is 0 Å². The van der Waals surface area contributed by atoms with Gasteiger partial charge in [-0.3, -0.25) is 0 Å². The molecule has 0 radical (unpaired) electrons. The van der Waals surface area contributed by atoms with Crippen molar-refractivity contribution in [2.24, 2.45) is 0 Å². The number of aryl methyl sites for hydroxylation is 1. The molecule has 3 rings (SSSR count). The Labute approximate surface area is 97.6 Å². The maximum Gasteiger partial charge on any atom is 0.00201 e. The molecule has 16 heavy (non-hydrogen) atoms. The topological polar surface area (TPSA) is 12.0 Å². The number of fused-ring (bicyclic) bond motifs is 1. The van der Waals surface area contributed by atoms with Crippen LogP contribution in [0.3, 0.4) is 0 Å². The summed E-state index contributed by atoms with van der Waals surface area (Å²) in [5, 5.41) is 3.49. The van der Waals surface area contributed by atoms with Gasteiger partial charge < -0.3 is 5.32 Å². The minimum atomic E-state index is 0.730. The Morgan fingerprint density at radius 3 is 3.00 bits per heavy atom. The van der Waals surface area contributed by atoms with E-state index in [9.17, 15) is 0 Å². The van der Waals surface area contributed by atoms with Crippen molar-refractivity contribution in [2.75, 3.05) is 13.1 Å². The predicted octanol–water partition coefficient (Wildman–Crippen LogP) is 3.11. The molecule has 1 aliphatic carbocycles. The van der Waals surface area contributed by atoms with Gasteiger partial charge in [0.05, 0.1) is 0 Å². The zero-order valence-corrected chi connectivity index (χ0v) is 9.76. The number of piperidine rings is 1. The largest absolute Gasteiger partial charge is 0.316 e. The first-order valence-corrected chi connectivity index (χ1v) is 6.36. The number of hydrogen-bond acceptors (Lipinski definition) is 1. The van der Waals surface area contributed by atoms with Crippen molar-refractivity contribution in [1.29, 1.82) is 0 Å². The molecule has 0 spiro atoms. The highest BCUT2D eigenvalue weighted by atomic mass is 14.9. The van der Waals surface area contributed by atoms with E-state index in [0.29, 0.717) is 0 Å². The molecular weight excluding hydrogens is 194 g/mol. The molecule has 2 aliphatic rings. The van der Waals surface area contributed by atoms with Crippen LogP contribution in [0.1, 0.15) is 41.9 Å². The fourth-order valence-electron chi connectivity index (χ4n) is 2.98. The van der Waals surface area contributed by atoms with Crippen LogP contribution in [0, 0.1) is 0 Å². The summed E-state index contributed by atoms with van der Waals surface area (Å²) in [7, 11) is 0. The summed E-state index contributed by atoms with van der Waals surface area (Å²) >= 11 is 0. The lowest BCUT2D eigenvalue weighted by Crippen LogP contribution is -2.28. The van der Waals surface area contributed by atoms with Crippen LogP contribution in [0.4, 0.5) is 0 Å². The van der Waals surface area contributed by atoms with Gasteiger partial charge in [0.2, 0.25) is 0 Å². The lowest BCUT2D eigenvalue weighted by atomic mass is 9.90. The van der Waals surface area contributed by atoms with E-state index in [2.05, 4.69) is 30.1 Å². The molecule has 0 aromatic heterocycles. The van der Waals surface area contributed by atoms with E-state index in [0.717, 1.165) is 18.9 Å². The first-order chi connectivity index (χ1) is 7.84. The van der Waals surface area contributed by atoms with Crippen LogP contribution in [0.5, 0.6) is 0 Å². The number of hydrogen-bond donors (Lipinski definition) is 1. The van der Waals surface area contributed by atoms with Crippen LogP contribution >= 0.6 is 0 Å². The molecule has 1 atom stereocenters. The molecule has 1 heteroatoms. The summed E-state index contributed by atoms with van der Waals surface area (Å²) in [5.74, 6) is 0.730. The summed E-state index contributed by atoms with van der Waals surface area (Å²) in [4.78, 5) is 0. The van der Waals surface area contributed by atoms with Gasteiger partial charge in [-0.15, -0.1) is 0 Å². The highest BCUT2D eigenvalue weighted by Gasteiger charge is 2.19. The van der Waals surface area contributed by atoms with E-state index < -0.39 is 0 Å². The third kappa shape index (κ3) is 1.69. The van der Waals surface area contributed by atoms with Gasteiger partial charge in [0, 0.05) is 6.54 Å². The van der Waals surface area contributed by atoms with Crippen molar-refractivity contribution in [3.05, 3.63) is 41.5 Å². The van der Waals surface area contributed by atoms with E-state index in [4.69, 9.17) is 0 Å². The number of benzene rings is 1. The predicted molar refractivity (Wildman–Crippen MR) is 68.6 cm³/mol. The number of rotatable bonds is 1. The minimum Gasteiger partial charge on any atom is -0.316 e. The normalized spacial score (nSPS) is 24.5. The average Bonchev–Trinajstić information content (AvgIpc) is 2.72. The molecule has 0 bridgehead atoms. The average molecular weight is 213 g/mol. The second-order valence-electron chi connectivity index (χ2n) is 5.06. The monoisotopic (exact) mass is 213 g/mol. The summed E-state index contributed by atoms with van der Waals surface area (Å²) < 4.78 is 0. The lowest BCUT2D eigenvalue weighted by molar-refractivity contribution is 0.461. The summed E-state index contributed by atoms with van der Waals surface area (Å²) in [6, 6.07) is 7.02. The lowest BCUT2D eigenvalue weighted by Gasteiger charge is -2.23. The third-order valence-corrected chi connectivity index (χ3v) is 3.97. The SMILES string of the molecule is C=C1CCc2cc(C3CCCNC3)ccc21. The van der Waals surface area contributed by atoms with E-state index >= 15 is 0 Å². The Balaban J connectivity index is 1.89. The highest BCUT2D eigenvalue weighted by molar-refractivity contribution is 5.71. The minimum absolute atomic E-state index is 0.730. The van der Waals surface area contributed by atoms with Crippen LogP contribution in [0.15, 0.2) is 24.8 Å². The second-order valence-corrected chi connectivity index (χ2v) is 5.06. The maximum atomic E-state index is 4.13. The maximum absolute atomic E-state index is 4.13. The second kappa shape index (κ2) is 4.06. The van der Waals surface area contributed by atoms with Crippen LogP contribution in [0.25, 0.3) is 5.57 Å². The van der Waals surface area contributed by atoms with E-state index in [1.165, 1.54) is 48.1 Å². The molecule has 1 aromatic rings. The van der Waals surface area contributed by atoms with Gasteiger partial charge in [-0.25, -0.2) is 0 Å². The number of nitrogens with one attached hydrogen (secondary N) is 1. The summed E-state index contributed by atoms with van der Waals surface area (Å²) in [6.07, 6.45) is 5.01. The van der Waals surface area contributed by atoms with E-state index in [-0.39, 0.29) is 0 Å². The number of allylic oxidation sites excluding steroid dienone is 1. The van der Waals surface area contributed by atoms with Crippen molar-refractivity contribution >= 4 is 5.57 Å². The Hall–Kier alpha value is -1.08. The summed E-state index contributed by atoms with van der Waals surface area (Å²) in [5.41, 5.74) is 5.78. The molecule has 1 saturated heterocycles. The Morgan fingerprint density at radius 2 is 2.19 bits per heavy atom. The van der Waals surface area contributed by atoms with Crippen LogP contribution in [0.2, 0.25) is 0 Å². The zero-order chi connectivity index (χ0) is 11.0. The van der Waals surface area contributed by atoms with Crippen molar-refractivity contribution in [3.8, 4) is 0 Å². The van der Waals surface area contributed by atoms with E-state index in [1.807, 2.05) is 0 Å². The van der Waals surface area contributed by atoms with Crippen LogP contribution in [-0.4, -0.2) is 13.1 Å². The molecule has 1 aliphatic heterocycles. The Morgan fingerprint density at radius 1 is 1.25 bits per heavy atom. The van der Waals surface area contributed by atoms with Crippen LogP contribution in [-0.2, 0) is 6.42 Å². The Bertz CT molecular complexity index is 413. The molecule has 0 amide bonds. The first kappa shape index (κ1) is 10.1. The first-order valence-electron chi connectivity index (χ1n) is 6.36. The van der Waals surface area contributed by atoms with Gasteiger partial charge >= 0.3 is 0 Å².